The van der Waals surface area contributed by atoms with Crippen LogP contribution in [-0.4, -0.2) is 50.1 Å². The zero-order chi connectivity index (χ0) is 22.4. The van der Waals surface area contributed by atoms with Gasteiger partial charge in [0.1, 0.15) is 5.41 Å². The lowest BCUT2D eigenvalue weighted by Crippen LogP contribution is -2.53. The van der Waals surface area contributed by atoms with E-state index in [1.54, 1.807) is 6.20 Å². The number of aryl methyl sites for hydroxylation is 1. The molecule has 3 aromatic rings. The zero-order valence-electron chi connectivity index (χ0n) is 18.9. The summed E-state index contributed by atoms with van der Waals surface area (Å²) in [5, 5.41) is 10.6. The summed E-state index contributed by atoms with van der Waals surface area (Å²) in [7, 11) is 0. The number of carbonyl (C=O) groups excluding carboxylic acids is 1. The van der Waals surface area contributed by atoms with E-state index in [9.17, 15) is 4.79 Å². The highest BCUT2D eigenvalue weighted by Gasteiger charge is 2.53. The number of hydrogen-bond acceptors (Lipinski definition) is 6. The van der Waals surface area contributed by atoms with Crippen molar-refractivity contribution in [3.8, 4) is 0 Å². The third kappa shape index (κ3) is 3.58. The topological polar surface area (TPSA) is 90.0 Å². The Morgan fingerprint density at radius 1 is 1.21 bits per heavy atom. The Labute approximate surface area is 193 Å². The molecule has 1 spiro atoms. The van der Waals surface area contributed by atoms with Crippen molar-refractivity contribution in [2.75, 3.05) is 23.3 Å². The molecule has 2 aliphatic heterocycles. The number of carbonyl (C=O) groups is 1. The van der Waals surface area contributed by atoms with E-state index < -0.39 is 5.41 Å². The van der Waals surface area contributed by atoms with E-state index >= 15 is 0 Å². The second kappa shape index (κ2) is 7.95. The quantitative estimate of drug-likeness (QED) is 0.630. The van der Waals surface area contributed by atoms with Crippen molar-refractivity contribution in [2.45, 2.75) is 57.2 Å². The molecule has 1 amide bonds. The SMILES string of the molecule is Cc1ccc(N2Cc3cnc(NC4CCC4)nc3C3(CCN(Cc4ccn[nH]4)C3)C2=O)cc1. The van der Waals surface area contributed by atoms with E-state index in [-0.39, 0.29) is 5.91 Å². The molecule has 1 aliphatic carbocycles. The summed E-state index contributed by atoms with van der Waals surface area (Å²) in [6.45, 7) is 4.78. The predicted octanol–water partition coefficient (Wildman–Crippen LogP) is 3.16. The van der Waals surface area contributed by atoms with Crippen molar-refractivity contribution in [1.29, 1.82) is 0 Å². The van der Waals surface area contributed by atoms with Gasteiger partial charge in [0.2, 0.25) is 11.9 Å². The van der Waals surface area contributed by atoms with E-state index in [4.69, 9.17) is 4.98 Å². The molecular formula is C25H29N7O. The molecule has 1 aromatic carbocycles. The molecular weight excluding hydrogens is 414 g/mol. The van der Waals surface area contributed by atoms with E-state index in [1.165, 1.54) is 12.0 Å². The van der Waals surface area contributed by atoms with Gasteiger partial charge in [0.25, 0.3) is 0 Å². The lowest BCUT2D eigenvalue weighted by Gasteiger charge is -2.40. The fourth-order valence-electron chi connectivity index (χ4n) is 5.28. The second-order valence-electron chi connectivity index (χ2n) is 9.69. The largest absolute Gasteiger partial charge is 0.351 e. The van der Waals surface area contributed by atoms with Crippen LogP contribution in [-0.2, 0) is 23.3 Å². The molecule has 33 heavy (non-hydrogen) atoms. The summed E-state index contributed by atoms with van der Waals surface area (Å²) in [6, 6.07) is 10.6. The predicted molar refractivity (Wildman–Crippen MR) is 126 cm³/mol. The summed E-state index contributed by atoms with van der Waals surface area (Å²) in [5.74, 6) is 0.792. The maximum absolute atomic E-state index is 14.1. The number of anilines is 2. The van der Waals surface area contributed by atoms with Crippen molar-refractivity contribution < 1.29 is 4.79 Å². The van der Waals surface area contributed by atoms with Crippen molar-refractivity contribution in [3.05, 3.63) is 65.2 Å². The molecule has 2 fully saturated rings. The number of aromatic nitrogens is 4. The average molecular weight is 444 g/mol. The summed E-state index contributed by atoms with van der Waals surface area (Å²) >= 11 is 0. The van der Waals surface area contributed by atoms with E-state index in [1.807, 2.05) is 29.3 Å². The van der Waals surface area contributed by atoms with Crippen LogP contribution in [0.15, 0.2) is 42.7 Å². The van der Waals surface area contributed by atoms with Gasteiger partial charge in [-0.25, -0.2) is 9.97 Å². The molecule has 1 saturated heterocycles. The van der Waals surface area contributed by atoms with E-state index in [2.05, 4.69) is 44.5 Å². The molecule has 170 valence electrons. The fraction of sp³-hybridized carbons (Fsp3) is 0.440. The number of rotatable bonds is 5. The Morgan fingerprint density at radius 3 is 2.79 bits per heavy atom. The number of hydrogen-bond donors (Lipinski definition) is 2. The van der Waals surface area contributed by atoms with E-state index in [0.29, 0.717) is 25.1 Å². The molecule has 0 bridgehead atoms. The molecule has 0 radical (unpaired) electrons. The number of likely N-dealkylation sites (tertiary alicyclic amines) is 1. The van der Waals surface area contributed by atoms with Crippen molar-refractivity contribution in [2.24, 2.45) is 0 Å². The van der Waals surface area contributed by atoms with Crippen LogP contribution in [0.3, 0.4) is 0 Å². The minimum atomic E-state index is -0.669. The molecule has 1 atom stereocenters. The van der Waals surface area contributed by atoms with Crippen LogP contribution in [0.25, 0.3) is 0 Å². The minimum absolute atomic E-state index is 0.138. The number of amides is 1. The highest BCUT2D eigenvalue weighted by molar-refractivity contribution is 6.03. The molecule has 8 heteroatoms. The Kier molecular flexibility index (Phi) is 4.90. The smallest absolute Gasteiger partial charge is 0.240 e. The second-order valence-corrected chi connectivity index (χ2v) is 9.69. The lowest BCUT2D eigenvalue weighted by atomic mass is 9.77. The van der Waals surface area contributed by atoms with Gasteiger partial charge in [-0.05, 0) is 50.8 Å². The van der Waals surface area contributed by atoms with Crippen LogP contribution in [0, 0.1) is 6.92 Å². The zero-order valence-corrected chi connectivity index (χ0v) is 18.9. The van der Waals surface area contributed by atoms with Crippen LogP contribution < -0.4 is 10.2 Å². The van der Waals surface area contributed by atoms with E-state index in [0.717, 1.165) is 55.0 Å². The Bertz CT molecular complexity index is 1160. The molecule has 3 aliphatic rings. The lowest BCUT2D eigenvalue weighted by molar-refractivity contribution is -0.124. The normalized spacial score (nSPS) is 23.1. The molecule has 2 N–H and O–H groups in total. The number of aromatic amines is 1. The van der Waals surface area contributed by atoms with Crippen LogP contribution in [0.2, 0.25) is 0 Å². The van der Waals surface area contributed by atoms with Crippen molar-refractivity contribution in [1.82, 2.24) is 25.1 Å². The molecule has 8 nitrogen and oxygen atoms in total. The number of benzene rings is 1. The number of nitrogens with one attached hydrogen (secondary N) is 2. The van der Waals surface area contributed by atoms with Gasteiger partial charge in [-0.1, -0.05) is 17.7 Å². The minimum Gasteiger partial charge on any atom is -0.351 e. The van der Waals surface area contributed by atoms with Crippen molar-refractivity contribution >= 4 is 17.5 Å². The first-order valence-corrected chi connectivity index (χ1v) is 11.8. The molecule has 1 unspecified atom stereocenters. The first-order chi connectivity index (χ1) is 16.1. The van der Waals surface area contributed by atoms with Crippen LogP contribution in [0.1, 0.15) is 48.2 Å². The highest BCUT2D eigenvalue weighted by Crippen LogP contribution is 2.43. The first-order valence-electron chi connectivity index (χ1n) is 11.8. The first kappa shape index (κ1) is 20.4. The Hall–Kier alpha value is -3.26. The summed E-state index contributed by atoms with van der Waals surface area (Å²) in [5.41, 5.74) is 4.44. The van der Waals surface area contributed by atoms with Gasteiger partial charge >= 0.3 is 0 Å². The third-order valence-electron chi connectivity index (χ3n) is 7.39. The molecule has 2 aromatic heterocycles. The van der Waals surface area contributed by atoms with Gasteiger partial charge in [0.05, 0.1) is 12.2 Å². The van der Waals surface area contributed by atoms with Crippen LogP contribution in [0.5, 0.6) is 0 Å². The molecule has 6 rings (SSSR count). The van der Waals surface area contributed by atoms with Gasteiger partial charge in [-0.3, -0.25) is 14.8 Å². The number of nitrogens with zero attached hydrogens (tertiary/aromatic N) is 5. The van der Waals surface area contributed by atoms with Gasteiger partial charge in [-0.15, -0.1) is 0 Å². The van der Waals surface area contributed by atoms with Gasteiger partial charge < -0.3 is 10.2 Å². The molecule has 1 saturated carbocycles. The van der Waals surface area contributed by atoms with Gasteiger partial charge in [-0.2, -0.15) is 5.10 Å². The Balaban J connectivity index is 1.37. The summed E-state index contributed by atoms with van der Waals surface area (Å²) < 4.78 is 0. The van der Waals surface area contributed by atoms with Gasteiger partial charge in [0, 0.05) is 55.0 Å². The maximum Gasteiger partial charge on any atom is 0.240 e. The molecule has 4 heterocycles. The monoisotopic (exact) mass is 443 g/mol. The highest BCUT2D eigenvalue weighted by atomic mass is 16.2. The fourth-order valence-corrected chi connectivity index (χ4v) is 5.28. The van der Waals surface area contributed by atoms with Gasteiger partial charge in [0.15, 0.2) is 0 Å². The van der Waals surface area contributed by atoms with Crippen molar-refractivity contribution in [3.63, 3.8) is 0 Å². The van der Waals surface area contributed by atoms with Crippen LogP contribution in [0.4, 0.5) is 11.6 Å². The number of H-pyrrole nitrogens is 1. The number of fused-ring (bicyclic) bond motifs is 2. The summed E-state index contributed by atoms with van der Waals surface area (Å²) in [6.07, 6.45) is 8.00. The third-order valence-corrected chi connectivity index (χ3v) is 7.39. The summed E-state index contributed by atoms with van der Waals surface area (Å²) in [4.78, 5) is 28.0. The Morgan fingerprint density at radius 2 is 2.06 bits per heavy atom. The maximum atomic E-state index is 14.1. The standard InChI is InChI=1S/C25H29N7O/c1-17-5-7-21(8-6-17)32-14-18-13-26-24(28-19-3-2-4-19)29-22(18)25(23(32)33)10-12-31(16-25)15-20-9-11-27-30-20/h5-9,11,13,19H,2-4,10,12,14-16H2,1H3,(H,27,30)(H,26,28,29). The van der Waals surface area contributed by atoms with Crippen LogP contribution >= 0.6 is 0 Å². The average Bonchev–Trinajstić information content (AvgIpc) is 3.46.